The summed E-state index contributed by atoms with van der Waals surface area (Å²) in [6.45, 7) is 0. The molecule has 8 bridgehead atoms. The van der Waals surface area contributed by atoms with Crippen molar-refractivity contribution in [1.82, 2.24) is 0 Å². The van der Waals surface area contributed by atoms with Crippen molar-refractivity contribution in [2.24, 2.45) is 20.0 Å². The molecule has 4 atom stereocenters. The Morgan fingerprint density at radius 3 is 0.741 bits per heavy atom. The Kier molecular flexibility index (Phi) is 11.4. The van der Waals surface area contributed by atoms with Crippen molar-refractivity contribution in [1.29, 1.82) is 0 Å². The molecule has 9 aliphatic rings. The Morgan fingerprint density at radius 2 is 0.500 bits per heavy atom. The molecule has 288 valence electrons. The van der Waals surface area contributed by atoms with Crippen molar-refractivity contribution in [3.63, 3.8) is 0 Å². The first-order valence-corrected chi connectivity index (χ1v) is 21.0. The summed E-state index contributed by atoms with van der Waals surface area (Å²) in [5.74, 6) is 0. The zero-order valence-electron chi connectivity index (χ0n) is 33.0. The molecule has 0 radical (unpaired) electrons. The van der Waals surface area contributed by atoms with Gasteiger partial charge in [-0.1, -0.05) is 111 Å². The Labute approximate surface area is 343 Å². The lowest BCUT2D eigenvalue weighted by atomic mass is 9.91. The smallest absolute Gasteiger partial charge is 0.0723 e. The summed E-state index contributed by atoms with van der Waals surface area (Å²) >= 11 is 0. The number of anilines is 6. The maximum atomic E-state index is 5.14. The van der Waals surface area contributed by atoms with Gasteiger partial charge >= 0.3 is 0 Å². The Morgan fingerprint density at radius 1 is 0.276 bits per heavy atom. The van der Waals surface area contributed by atoms with Gasteiger partial charge in [-0.2, -0.15) is 0 Å². The third-order valence-corrected chi connectivity index (χ3v) is 11.7. The fourth-order valence-corrected chi connectivity index (χ4v) is 8.49. The minimum Gasteiger partial charge on any atom is -0.311 e. The van der Waals surface area contributed by atoms with Crippen molar-refractivity contribution >= 4 is 59.0 Å². The molecule has 0 amide bonds. The molecule has 0 aromatic heterocycles. The summed E-state index contributed by atoms with van der Waals surface area (Å²) in [6.07, 6.45) is 17.1. The van der Waals surface area contributed by atoms with E-state index in [-0.39, 0.29) is 24.2 Å². The second kappa shape index (κ2) is 17.8. The van der Waals surface area contributed by atoms with E-state index < -0.39 is 0 Å². The predicted octanol–water partition coefficient (Wildman–Crippen LogP) is 12.6. The molecule has 6 aromatic rings. The minimum atomic E-state index is 0.165. The molecule has 7 heterocycles. The van der Waals surface area contributed by atoms with Crippen LogP contribution in [0.25, 0.3) is 0 Å². The van der Waals surface area contributed by atoms with Gasteiger partial charge < -0.3 is 9.80 Å². The lowest BCUT2D eigenvalue weighted by molar-refractivity contribution is 0.390. The highest BCUT2D eigenvalue weighted by Crippen LogP contribution is 2.36. The lowest BCUT2D eigenvalue weighted by Gasteiger charge is -2.27. The topological polar surface area (TPSA) is 55.9 Å². The van der Waals surface area contributed by atoms with Gasteiger partial charge in [0.25, 0.3) is 0 Å². The van der Waals surface area contributed by atoms with Crippen LogP contribution in [0.5, 0.6) is 0 Å². The van der Waals surface area contributed by atoms with Crippen LogP contribution >= 0.6 is 0 Å². The molecule has 2 saturated carbocycles. The number of nitrogens with zero attached hydrogens (tertiary/aromatic N) is 6. The molecule has 0 unspecified atom stereocenters. The quantitative estimate of drug-likeness (QED) is 0.177. The van der Waals surface area contributed by atoms with Crippen LogP contribution in [0.4, 0.5) is 34.1 Å². The van der Waals surface area contributed by atoms with E-state index in [1.165, 1.54) is 25.7 Å². The van der Waals surface area contributed by atoms with Crippen molar-refractivity contribution in [2.45, 2.75) is 75.5 Å². The first kappa shape index (κ1) is 37.2. The van der Waals surface area contributed by atoms with E-state index >= 15 is 0 Å². The zero-order chi connectivity index (χ0) is 38.9. The Balaban J connectivity index is 1.07. The van der Waals surface area contributed by atoms with E-state index in [9.17, 15) is 0 Å². The molecular formula is C52H50N6. The van der Waals surface area contributed by atoms with Crippen LogP contribution in [-0.2, 0) is 0 Å². The summed E-state index contributed by atoms with van der Waals surface area (Å²) in [5.41, 5.74) is 11.0. The number of benzene rings is 6. The van der Waals surface area contributed by atoms with Gasteiger partial charge in [0, 0.05) is 59.0 Å². The van der Waals surface area contributed by atoms with E-state index in [1.807, 2.05) is 24.9 Å². The second-order valence-electron chi connectivity index (χ2n) is 15.7. The Bertz CT molecular complexity index is 2050. The first-order valence-electron chi connectivity index (χ1n) is 21.0. The fourth-order valence-electron chi connectivity index (χ4n) is 8.49. The Hall–Kier alpha value is -6.40. The highest BCUT2D eigenvalue weighted by Gasteiger charge is 2.24. The van der Waals surface area contributed by atoms with Gasteiger partial charge in [-0.05, 0) is 121 Å². The van der Waals surface area contributed by atoms with Gasteiger partial charge in [0.1, 0.15) is 0 Å². The van der Waals surface area contributed by atoms with Gasteiger partial charge in [-0.15, -0.1) is 0 Å². The van der Waals surface area contributed by atoms with Gasteiger partial charge in [-0.25, -0.2) is 0 Å². The summed E-state index contributed by atoms with van der Waals surface area (Å²) in [4.78, 5) is 25.2. The molecule has 58 heavy (non-hydrogen) atoms. The fraction of sp³-hybridized carbons (Fsp3) is 0.231. The molecule has 7 aliphatic heterocycles. The average Bonchev–Trinajstić information content (AvgIpc) is 3.29. The highest BCUT2D eigenvalue weighted by atomic mass is 15.1. The monoisotopic (exact) mass is 758 g/mol. The van der Waals surface area contributed by atoms with Gasteiger partial charge in [0.2, 0.25) is 0 Å². The first-order chi connectivity index (χ1) is 28.7. The van der Waals surface area contributed by atoms with Crippen LogP contribution in [0.2, 0.25) is 0 Å². The van der Waals surface area contributed by atoms with E-state index in [4.69, 9.17) is 20.0 Å². The van der Waals surface area contributed by atoms with Crippen molar-refractivity contribution < 1.29 is 0 Å². The third-order valence-electron chi connectivity index (χ3n) is 11.7. The molecule has 2 fully saturated rings. The number of hydrogen-bond acceptors (Lipinski definition) is 6. The zero-order valence-corrected chi connectivity index (χ0v) is 33.0. The average molecular weight is 759 g/mol. The molecule has 15 rings (SSSR count). The van der Waals surface area contributed by atoms with Crippen LogP contribution in [0.1, 0.15) is 73.6 Å². The molecule has 6 aromatic carbocycles. The van der Waals surface area contributed by atoms with E-state index in [2.05, 4.69) is 168 Å². The summed E-state index contributed by atoms with van der Waals surface area (Å²) in [5, 5.41) is 0. The highest BCUT2D eigenvalue weighted by molar-refractivity contribution is 5.86. The third kappa shape index (κ3) is 8.77. The molecule has 6 heteroatoms. The maximum absolute atomic E-state index is 5.14. The maximum Gasteiger partial charge on any atom is 0.0723 e. The van der Waals surface area contributed by atoms with Gasteiger partial charge in [0.15, 0.2) is 0 Å². The van der Waals surface area contributed by atoms with Crippen molar-refractivity contribution in [3.05, 3.63) is 180 Å². The van der Waals surface area contributed by atoms with Crippen LogP contribution in [-0.4, -0.2) is 49.0 Å². The standard InChI is InChI=1S/C52H50N6/c1-3-11-43(12-4-1)57-45-27-19-39(20-28-45)35-53-49-15-7-9-17-51(49)55-37-41-23-31-47(32-24-41)58(44-13-5-2-6-14-44)48-33-25-42(26-34-48)38-56-52-18-10-8-16-50(52)54-36-40-21-29-46(57)30-22-40/h1-6,11-14,19-38,49-52H,7-10,15-18H2/t49-,50-,51-,52-/m1/s1. The number of aliphatic imine (C=N–C) groups is 4. The van der Waals surface area contributed by atoms with Gasteiger partial charge in [0.05, 0.1) is 24.2 Å². The van der Waals surface area contributed by atoms with E-state index in [0.29, 0.717) is 0 Å². The molecule has 0 saturated heterocycles. The van der Waals surface area contributed by atoms with Crippen LogP contribution in [0, 0.1) is 0 Å². The summed E-state index contributed by atoms with van der Waals surface area (Å²) < 4.78 is 0. The van der Waals surface area contributed by atoms with Crippen LogP contribution < -0.4 is 9.80 Å². The molecule has 6 nitrogen and oxygen atoms in total. The van der Waals surface area contributed by atoms with Crippen LogP contribution in [0.15, 0.2) is 178 Å². The van der Waals surface area contributed by atoms with E-state index in [1.54, 1.807) is 0 Å². The normalized spacial score (nSPS) is 20.9. The molecular weight excluding hydrogens is 709 g/mol. The van der Waals surface area contributed by atoms with Gasteiger partial charge in [-0.3, -0.25) is 20.0 Å². The SMILES string of the molecule is C1=N[C@@H]2CCCC[C@H]2N=Cc2ccc(cc2)N(c2ccccc2)c2ccc(cc2)C=N[C@@H]2CCCC[C@H]2N=Cc2ccc(cc2)N(c2ccccc2)c2ccc1cc2. The van der Waals surface area contributed by atoms with Crippen molar-refractivity contribution in [3.8, 4) is 0 Å². The largest absolute Gasteiger partial charge is 0.311 e. The molecule has 2 aliphatic carbocycles. The summed E-state index contributed by atoms with van der Waals surface area (Å²) in [6, 6.07) is 56.7. The number of hydrogen-bond donors (Lipinski definition) is 0. The molecule has 0 N–H and O–H groups in total. The number of para-hydroxylation sites is 2. The van der Waals surface area contributed by atoms with Crippen LogP contribution in [0.3, 0.4) is 0 Å². The summed E-state index contributed by atoms with van der Waals surface area (Å²) in [7, 11) is 0. The molecule has 0 spiro atoms. The number of rotatable bonds is 2. The predicted molar refractivity (Wildman–Crippen MR) is 245 cm³/mol. The van der Waals surface area contributed by atoms with Crippen molar-refractivity contribution in [2.75, 3.05) is 9.80 Å². The second-order valence-corrected chi connectivity index (χ2v) is 15.7. The minimum absolute atomic E-state index is 0.165. The van der Waals surface area contributed by atoms with E-state index in [0.717, 1.165) is 82.1 Å². The lowest BCUT2D eigenvalue weighted by Crippen LogP contribution is -2.27.